The number of hydrogen-bond acceptors (Lipinski definition) is 3. The summed E-state index contributed by atoms with van der Waals surface area (Å²) in [6.07, 6.45) is 6.99. The molecule has 1 aliphatic carbocycles. The number of aryl methyl sites for hydroxylation is 2. The first kappa shape index (κ1) is 16.5. The number of rotatable bonds is 4. The lowest BCUT2D eigenvalue weighted by Crippen LogP contribution is -2.51. The van der Waals surface area contributed by atoms with Crippen molar-refractivity contribution in [2.24, 2.45) is 7.05 Å². The van der Waals surface area contributed by atoms with Gasteiger partial charge >= 0.3 is 0 Å². The Morgan fingerprint density at radius 3 is 2.29 bits per heavy atom. The van der Waals surface area contributed by atoms with Gasteiger partial charge < -0.3 is 0 Å². The van der Waals surface area contributed by atoms with Crippen LogP contribution in [0.3, 0.4) is 0 Å². The van der Waals surface area contributed by atoms with Crippen molar-refractivity contribution in [3.8, 4) is 0 Å². The molecule has 0 atom stereocenters. The van der Waals surface area contributed by atoms with E-state index in [4.69, 9.17) is 11.6 Å². The monoisotopic (exact) mass is 311 g/mol. The Kier molecular flexibility index (Phi) is 5.10. The van der Waals surface area contributed by atoms with Gasteiger partial charge in [-0.3, -0.25) is 14.4 Å². The van der Waals surface area contributed by atoms with Crippen LogP contribution in [0.15, 0.2) is 0 Å². The van der Waals surface area contributed by atoms with Gasteiger partial charge in [0.1, 0.15) is 0 Å². The van der Waals surface area contributed by atoms with E-state index in [9.17, 15) is 4.79 Å². The number of carbonyl (C=O) groups is 1. The highest BCUT2D eigenvalue weighted by Gasteiger charge is 2.40. The van der Waals surface area contributed by atoms with Crippen LogP contribution in [0.4, 0.5) is 0 Å². The average molecular weight is 312 g/mol. The SMILES string of the molecule is Cc1nn(C)c(CC(=O)C2(N(C)C)CCCCCC2)c1Cl. The second-order valence-corrected chi connectivity index (χ2v) is 6.79. The van der Waals surface area contributed by atoms with E-state index < -0.39 is 0 Å². The topological polar surface area (TPSA) is 38.1 Å². The molecule has 0 N–H and O–H groups in total. The molecule has 0 spiro atoms. The third kappa shape index (κ3) is 3.16. The van der Waals surface area contributed by atoms with Gasteiger partial charge in [-0.2, -0.15) is 5.10 Å². The molecule has 0 aromatic carbocycles. The molecular formula is C16H26ClN3O. The molecule has 0 amide bonds. The Bertz CT molecular complexity index is 514. The van der Waals surface area contributed by atoms with Crippen molar-refractivity contribution in [1.82, 2.24) is 14.7 Å². The van der Waals surface area contributed by atoms with Gasteiger partial charge in [-0.25, -0.2) is 0 Å². The molecule has 0 radical (unpaired) electrons. The second kappa shape index (κ2) is 6.49. The lowest BCUT2D eigenvalue weighted by atomic mass is 9.82. The fraction of sp³-hybridized carbons (Fsp3) is 0.750. The summed E-state index contributed by atoms with van der Waals surface area (Å²) >= 11 is 6.31. The standard InChI is InChI=1S/C16H26ClN3O/c1-12-15(17)13(20(4)18-12)11-14(21)16(19(2)3)9-7-5-6-8-10-16/h5-11H2,1-4H3. The van der Waals surface area contributed by atoms with Crippen LogP contribution in [-0.4, -0.2) is 40.1 Å². The summed E-state index contributed by atoms with van der Waals surface area (Å²) in [4.78, 5) is 15.2. The van der Waals surface area contributed by atoms with Crippen LogP contribution in [0.25, 0.3) is 0 Å². The van der Waals surface area contributed by atoms with Crippen molar-refractivity contribution in [2.45, 2.75) is 57.4 Å². The molecule has 1 heterocycles. The van der Waals surface area contributed by atoms with Crippen molar-refractivity contribution >= 4 is 17.4 Å². The maximum Gasteiger partial charge on any atom is 0.159 e. The zero-order chi connectivity index (χ0) is 15.6. The van der Waals surface area contributed by atoms with Crippen LogP contribution >= 0.6 is 11.6 Å². The molecule has 1 aromatic heterocycles. The number of likely N-dealkylation sites (N-methyl/N-ethyl adjacent to an activating group) is 1. The third-order valence-corrected chi connectivity index (χ3v) is 5.39. The smallest absolute Gasteiger partial charge is 0.159 e. The number of Topliss-reactive ketones (excluding diaryl/α,β-unsaturated/α-hetero) is 1. The largest absolute Gasteiger partial charge is 0.297 e. The van der Waals surface area contributed by atoms with E-state index in [1.54, 1.807) is 4.68 Å². The fourth-order valence-electron chi connectivity index (χ4n) is 3.48. The molecule has 1 fully saturated rings. The molecule has 1 saturated carbocycles. The summed E-state index contributed by atoms with van der Waals surface area (Å²) in [6, 6.07) is 0. The molecule has 0 unspecified atom stereocenters. The van der Waals surface area contributed by atoms with E-state index in [2.05, 4.69) is 10.00 Å². The first-order chi connectivity index (χ1) is 9.88. The Balaban J connectivity index is 2.27. The van der Waals surface area contributed by atoms with Gasteiger partial charge in [0.2, 0.25) is 0 Å². The minimum absolute atomic E-state index is 0.277. The van der Waals surface area contributed by atoms with Gasteiger partial charge in [0.25, 0.3) is 0 Å². The van der Waals surface area contributed by atoms with Crippen LogP contribution in [0.5, 0.6) is 0 Å². The number of aromatic nitrogens is 2. The number of ketones is 1. The zero-order valence-corrected chi connectivity index (χ0v) is 14.3. The summed E-state index contributed by atoms with van der Waals surface area (Å²) in [5.41, 5.74) is 1.30. The van der Waals surface area contributed by atoms with Gasteiger partial charge in [-0.05, 0) is 33.9 Å². The molecule has 0 bridgehead atoms. The van der Waals surface area contributed by atoms with Gasteiger partial charge in [0.05, 0.1) is 28.4 Å². The molecule has 21 heavy (non-hydrogen) atoms. The van der Waals surface area contributed by atoms with E-state index in [0.717, 1.165) is 37.1 Å². The van der Waals surface area contributed by atoms with Crippen LogP contribution in [0.2, 0.25) is 5.02 Å². The molecule has 1 aromatic rings. The number of carbonyl (C=O) groups excluding carboxylic acids is 1. The summed E-state index contributed by atoms with van der Waals surface area (Å²) < 4.78 is 1.75. The average Bonchev–Trinajstić information content (AvgIpc) is 2.66. The van der Waals surface area contributed by atoms with Crippen LogP contribution < -0.4 is 0 Å². The molecule has 2 rings (SSSR count). The predicted octanol–water partition coefficient (Wildman–Crippen LogP) is 3.15. The highest BCUT2D eigenvalue weighted by atomic mass is 35.5. The van der Waals surface area contributed by atoms with Crippen molar-refractivity contribution in [1.29, 1.82) is 0 Å². The van der Waals surface area contributed by atoms with E-state index in [0.29, 0.717) is 11.4 Å². The van der Waals surface area contributed by atoms with Crippen LogP contribution in [0.1, 0.15) is 49.9 Å². The molecule has 118 valence electrons. The molecule has 0 aliphatic heterocycles. The molecular weight excluding hydrogens is 286 g/mol. The minimum Gasteiger partial charge on any atom is -0.297 e. The fourth-order valence-corrected chi connectivity index (χ4v) is 3.70. The van der Waals surface area contributed by atoms with Gasteiger partial charge in [0.15, 0.2) is 5.78 Å². The first-order valence-corrected chi connectivity index (χ1v) is 8.15. The summed E-state index contributed by atoms with van der Waals surface area (Å²) in [7, 11) is 5.91. The molecule has 5 heteroatoms. The Morgan fingerprint density at radius 1 is 1.29 bits per heavy atom. The highest BCUT2D eigenvalue weighted by Crippen LogP contribution is 2.33. The van der Waals surface area contributed by atoms with Gasteiger partial charge in [0, 0.05) is 7.05 Å². The highest BCUT2D eigenvalue weighted by molar-refractivity contribution is 6.32. The lowest BCUT2D eigenvalue weighted by Gasteiger charge is -2.38. The van der Waals surface area contributed by atoms with Crippen molar-refractivity contribution in [3.63, 3.8) is 0 Å². The van der Waals surface area contributed by atoms with E-state index in [-0.39, 0.29) is 11.3 Å². The number of halogens is 1. The van der Waals surface area contributed by atoms with Crippen LogP contribution in [-0.2, 0) is 18.3 Å². The van der Waals surface area contributed by atoms with Crippen molar-refractivity contribution in [3.05, 3.63) is 16.4 Å². The zero-order valence-electron chi connectivity index (χ0n) is 13.6. The van der Waals surface area contributed by atoms with Crippen molar-refractivity contribution in [2.75, 3.05) is 14.1 Å². The molecule has 4 nitrogen and oxygen atoms in total. The Hall–Kier alpha value is -0.870. The lowest BCUT2D eigenvalue weighted by molar-refractivity contribution is -0.130. The van der Waals surface area contributed by atoms with Gasteiger partial charge in [-0.1, -0.05) is 37.3 Å². The normalized spacial score (nSPS) is 18.8. The number of hydrogen-bond donors (Lipinski definition) is 0. The third-order valence-electron chi connectivity index (χ3n) is 4.90. The van der Waals surface area contributed by atoms with Gasteiger partial charge in [-0.15, -0.1) is 0 Å². The van der Waals surface area contributed by atoms with Crippen molar-refractivity contribution < 1.29 is 4.79 Å². The van der Waals surface area contributed by atoms with E-state index >= 15 is 0 Å². The molecule has 0 saturated heterocycles. The Labute approximate surface area is 132 Å². The number of nitrogens with zero attached hydrogens (tertiary/aromatic N) is 3. The maximum atomic E-state index is 13.1. The second-order valence-electron chi connectivity index (χ2n) is 6.41. The van der Waals surface area contributed by atoms with E-state index in [1.807, 2.05) is 28.1 Å². The Morgan fingerprint density at radius 2 is 1.86 bits per heavy atom. The maximum absolute atomic E-state index is 13.1. The summed E-state index contributed by atoms with van der Waals surface area (Å²) in [6.45, 7) is 1.88. The molecule has 1 aliphatic rings. The summed E-state index contributed by atoms with van der Waals surface area (Å²) in [5.74, 6) is 0.277. The van der Waals surface area contributed by atoms with E-state index in [1.165, 1.54) is 12.8 Å². The first-order valence-electron chi connectivity index (χ1n) is 7.77. The quantitative estimate of drug-likeness (QED) is 0.802. The van der Waals surface area contributed by atoms with Crippen LogP contribution in [0, 0.1) is 6.92 Å². The predicted molar refractivity (Wildman–Crippen MR) is 85.8 cm³/mol. The minimum atomic E-state index is -0.335. The summed E-state index contributed by atoms with van der Waals surface area (Å²) in [5, 5.41) is 4.95.